The average molecular weight is 273 g/mol. The van der Waals surface area contributed by atoms with Gasteiger partial charge in [0.25, 0.3) is 0 Å². The van der Waals surface area contributed by atoms with Gasteiger partial charge in [-0.25, -0.2) is 23.1 Å². The monoisotopic (exact) mass is 273 g/mol. The van der Waals surface area contributed by atoms with E-state index in [0.717, 1.165) is 24.7 Å². The van der Waals surface area contributed by atoms with Crippen molar-refractivity contribution in [3.8, 4) is 0 Å². The summed E-state index contributed by atoms with van der Waals surface area (Å²) >= 11 is 0. The van der Waals surface area contributed by atoms with Gasteiger partial charge in [0.15, 0.2) is 0 Å². The second kappa shape index (κ2) is 6.50. The number of nitrogens with zero attached hydrogens (tertiary/aromatic N) is 2. The van der Waals surface area contributed by atoms with Gasteiger partial charge in [0, 0.05) is 18.7 Å². The second-order valence-electron chi connectivity index (χ2n) is 3.93. The van der Waals surface area contributed by atoms with E-state index < -0.39 is 10.0 Å². The summed E-state index contributed by atoms with van der Waals surface area (Å²) in [4.78, 5) is 8.05. The molecule has 18 heavy (non-hydrogen) atoms. The average Bonchev–Trinajstić information content (AvgIpc) is 2.27. The summed E-state index contributed by atoms with van der Waals surface area (Å²) in [7, 11) is -3.15. The minimum absolute atomic E-state index is 0.300. The highest BCUT2D eigenvalue weighted by Crippen LogP contribution is 2.18. The molecule has 0 radical (unpaired) electrons. The van der Waals surface area contributed by atoms with Crippen LogP contribution in [0.5, 0.6) is 0 Å². The Kier molecular flexibility index (Phi) is 5.29. The van der Waals surface area contributed by atoms with Crippen molar-refractivity contribution in [2.75, 3.05) is 30.4 Å². The highest BCUT2D eigenvalue weighted by atomic mass is 32.2. The summed E-state index contributed by atoms with van der Waals surface area (Å²) in [6, 6.07) is 0. The number of anilines is 2. The van der Waals surface area contributed by atoms with Crippen LogP contribution in [0.25, 0.3) is 0 Å². The smallest absolute Gasteiger partial charge is 0.208 e. The van der Waals surface area contributed by atoms with Crippen molar-refractivity contribution in [3.63, 3.8) is 0 Å². The number of hydrogen-bond acceptors (Lipinski definition) is 6. The van der Waals surface area contributed by atoms with E-state index in [1.165, 1.54) is 6.33 Å². The van der Waals surface area contributed by atoms with Crippen molar-refractivity contribution < 1.29 is 8.42 Å². The van der Waals surface area contributed by atoms with Crippen LogP contribution in [0.3, 0.4) is 0 Å². The molecule has 0 aromatic carbocycles. The fourth-order valence-electron chi connectivity index (χ4n) is 1.49. The molecular weight excluding hydrogens is 254 g/mol. The van der Waals surface area contributed by atoms with Crippen molar-refractivity contribution in [1.82, 2.24) is 14.7 Å². The van der Waals surface area contributed by atoms with Gasteiger partial charge >= 0.3 is 0 Å². The molecule has 8 heteroatoms. The lowest BCUT2D eigenvalue weighted by atomic mass is 10.1. The number of sulfonamides is 1. The molecule has 0 bridgehead atoms. The minimum Gasteiger partial charge on any atom is -0.383 e. The Labute approximate surface area is 107 Å². The van der Waals surface area contributed by atoms with E-state index in [2.05, 4.69) is 20.0 Å². The lowest BCUT2D eigenvalue weighted by molar-refractivity contribution is 0.589. The van der Waals surface area contributed by atoms with Crippen LogP contribution >= 0.6 is 0 Å². The maximum Gasteiger partial charge on any atom is 0.208 e. The first kappa shape index (κ1) is 14.7. The summed E-state index contributed by atoms with van der Waals surface area (Å²) in [5.41, 5.74) is 6.65. The molecular formula is C10H19N5O2S. The molecule has 102 valence electrons. The Morgan fingerprint density at radius 3 is 2.67 bits per heavy atom. The predicted octanol–water partition coefficient (Wildman–Crippen LogP) is -0.0276. The molecule has 0 aliphatic heterocycles. The molecule has 1 rings (SSSR count). The van der Waals surface area contributed by atoms with Crippen molar-refractivity contribution >= 4 is 21.7 Å². The van der Waals surface area contributed by atoms with Crippen molar-refractivity contribution in [2.45, 2.75) is 19.8 Å². The number of nitrogens with one attached hydrogen (secondary N) is 2. The summed E-state index contributed by atoms with van der Waals surface area (Å²) < 4.78 is 24.2. The second-order valence-corrected chi connectivity index (χ2v) is 5.76. The van der Waals surface area contributed by atoms with E-state index in [1.54, 1.807) is 0 Å². The SMILES string of the molecule is CCCc1c(N)ncnc1NCCNS(C)(=O)=O. The van der Waals surface area contributed by atoms with Gasteiger partial charge < -0.3 is 11.1 Å². The van der Waals surface area contributed by atoms with E-state index in [4.69, 9.17) is 5.73 Å². The zero-order chi connectivity index (χ0) is 13.6. The van der Waals surface area contributed by atoms with Gasteiger partial charge in [0.1, 0.15) is 18.0 Å². The summed E-state index contributed by atoms with van der Waals surface area (Å²) in [6.45, 7) is 2.79. The molecule has 1 aromatic heterocycles. The highest BCUT2D eigenvalue weighted by Gasteiger charge is 2.08. The maximum absolute atomic E-state index is 10.9. The number of nitrogen functional groups attached to an aromatic ring is 1. The van der Waals surface area contributed by atoms with Gasteiger partial charge in [0.2, 0.25) is 10.0 Å². The number of aromatic nitrogens is 2. The summed E-state index contributed by atoms with van der Waals surface area (Å²) in [5.74, 6) is 1.13. The molecule has 0 spiro atoms. The van der Waals surface area contributed by atoms with Crippen LogP contribution in [0.1, 0.15) is 18.9 Å². The lowest BCUT2D eigenvalue weighted by Gasteiger charge is -2.11. The molecule has 0 aliphatic rings. The van der Waals surface area contributed by atoms with Crippen molar-refractivity contribution in [2.24, 2.45) is 0 Å². The summed E-state index contributed by atoms with van der Waals surface area (Å²) in [5, 5.41) is 3.05. The van der Waals surface area contributed by atoms with Crippen molar-refractivity contribution in [1.29, 1.82) is 0 Å². The third-order valence-corrected chi connectivity index (χ3v) is 2.99. The summed E-state index contributed by atoms with van der Waals surface area (Å²) in [6.07, 6.45) is 4.24. The van der Waals surface area contributed by atoms with Gasteiger partial charge in [0.05, 0.1) is 6.26 Å². The lowest BCUT2D eigenvalue weighted by Crippen LogP contribution is -2.28. The third-order valence-electron chi connectivity index (χ3n) is 2.26. The van der Waals surface area contributed by atoms with Gasteiger partial charge in [-0.1, -0.05) is 13.3 Å². The Morgan fingerprint density at radius 1 is 1.33 bits per heavy atom. The maximum atomic E-state index is 10.9. The van der Waals surface area contributed by atoms with Gasteiger partial charge in [-0.15, -0.1) is 0 Å². The Hall–Kier alpha value is -1.41. The molecule has 0 saturated heterocycles. The molecule has 0 atom stereocenters. The van der Waals surface area contributed by atoms with E-state index in [1.807, 2.05) is 6.92 Å². The molecule has 1 heterocycles. The van der Waals surface area contributed by atoms with E-state index in [-0.39, 0.29) is 0 Å². The van der Waals surface area contributed by atoms with Crippen molar-refractivity contribution in [3.05, 3.63) is 11.9 Å². The van der Waals surface area contributed by atoms with Gasteiger partial charge in [-0.2, -0.15) is 0 Å². The van der Waals surface area contributed by atoms with E-state index in [0.29, 0.717) is 24.7 Å². The minimum atomic E-state index is -3.15. The topological polar surface area (TPSA) is 110 Å². The number of nitrogens with two attached hydrogens (primary N) is 1. The normalized spacial score (nSPS) is 11.4. The fourth-order valence-corrected chi connectivity index (χ4v) is 1.96. The first-order chi connectivity index (χ1) is 8.44. The standard InChI is InChI=1S/C10H19N5O2S/c1-3-4-8-9(11)13-7-14-10(8)12-5-6-15-18(2,16)17/h7,15H,3-6H2,1-2H3,(H3,11,12,13,14). The van der Waals surface area contributed by atoms with Gasteiger partial charge in [-0.05, 0) is 6.42 Å². The van der Waals surface area contributed by atoms with Crippen LogP contribution in [0, 0.1) is 0 Å². The Morgan fingerprint density at radius 2 is 2.06 bits per heavy atom. The Balaban J connectivity index is 2.59. The van der Waals surface area contributed by atoms with Crippen LogP contribution < -0.4 is 15.8 Å². The first-order valence-corrected chi connectivity index (χ1v) is 7.61. The highest BCUT2D eigenvalue weighted by molar-refractivity contribution is 7.88. The van der Waals surface area contributed by atoms with E-state index in [9.17, 15) is 8.42 Å². The molecule has 0 fully saturated rings. The molecule has 7 nitrogen and oxygen atoms in total. The molecule has 0 aliphatic carbocycles. The fraction of sp³-hybridized carbons (Fsp3) is 0.600. The molecule has 0 amide bonds. The largest absolute Gasteiger partial charge is 0.383 e. The van der Waals surface area contributed by atoms with Crippen LogP contribution in [0.4, 0.5) is 11.6 Å². The zero-order valence-electron chi connectivity index (χ0n) is 10.6. The molecule has 0 saturated carbocycles. The first-order valence-electron chi connectivity index (χ1n) is 5.72. The molecule has 0 unspecified atom stereocenters. The van der Waals surface area contributed by atoms with E-state index >= 15 is 0 Å². The number of rotatable bonds is 7. The van der Waals surface area contributed by atoms with Crippen LogP contribution in [0.2, 0.25) is 0 Å². The van der Waals surface area contributed by atoms with Crippen LogP contribution in [0.15, 0.2) is 6.33 Å². The quantitative estimate of drug-likeness (QED) is 0.602. The molecule has 4 N–H and O–H groups in total. The molecule has 1 aromatic rings. The number of hydrogen-bond donors (Lipinski definition) is 3. The Bertz CT molecular complexity index is 489. The third kappa shape index (κ3) is 4.84. The van der Waals surface area contributed by atoms with Crippen LogP contribution in [-0.2, 0) is 16.4 Å². The zero-order valence-corrected chi connectivity index (χ0v) is 11.4. The predicted molar refractivity (Wildman–Crippen MR) is 71.8 cm³/mol. The van der Waals surface area contributed by atoms with Gasteiger partial charge in [-0.3, -0.25) is 0 Å². The van der Waals surface area contributed by atoms with Crippen LogP contribution in [-0.4, -0.2) is 37.7 Å².